The van der Waals surface area contributed by atoms with Crippen LogP contribution in [0.25, 0.3) is 0 Å². The van der Waals surface area contributed by atoms with E-state index in [1.165, 1.54) is 12.7 Å². The van der Waals surface area contributed by atoms with Crippen molar-refractivity contribution in [2.75, 3.05) is 26.9 Å². The standard InChI is InChI=1S/C16H21NO4/c1-12-3-5-13(6-4-12)7-8-15(18)17-9-10-21-11-14(17)16(19)20-2/h3-6,14H,7-11H2,1-2H3. The van der Waals surface area contributed by atoms with E-state index in [0.717, 1.165) is 5.56 Å². The summed E-state index contributed by atoms with van der Waals surface area (Å²) in [7, 11) is 1.33. The minimum Gasteiger partial charge on any atom is -0.467 e. The first-order chi connectivity index (χ1) is 10.1. The summed E-state index contributed by atoms with van der Waals surface area (Å²) in [4.78, 5) is 25.6. The highest BCUT2D eigenvalue weighted by molar-refractivity contribution is 5.85. The lowest BCUT2D eigenvalue weighted by molar-refractivity contribution is -0.160. The predicted molar refractivity (Wildman–Crippen MR) is 77.8 cm³/mol. The summed E-state index contributed by atoms with van der Waals surface area (Å²) in [6.45, 7) is 3.14. The van der Waals surface area contributed by atoms with E-state index < -0.39 is 12.0 Å². The summed E-state index contributed by atoms with van der Waals surface area (Å²) in [5.74, 6) is -0.451. The highest BCUT2D eigenvalue weighted by Gasteiger charge is 2.33. The number of methoxy groups -OCH3 is 1. The van der Waals surface area contributed by atoms with E-state index in [4.69, 9.17) is 9.47 Å². The summed E-state index contributed by atoms with van der Waals surface area (Å²) in [5, 5.41) is 0. The van der Waals surface area contributed by atoms with E-state index in [-0.39, 0.29) is 12.5 Å². The molecular weight excluding hydrogens is 270 g/mol. The van der Waals surface area contributed by atoms with Gasteiger partial charge in [0.15, 0.2) is 6.04 Å². The molecule has 21 heavy (non-hydrogen) atoms. The molecule has 1 fully saturated rings. The average molecular weight is 291 g/mol. The van der Waals surface area contributed by atoms with Gasteiger partial charge in [0.1, 0.15) is 0 Å². The largest absolute Gasteiger partial charge is 0.467 e. The van der Waals surface area contributed by atoms with Crippen molar-refractivity contribution in [2.24, 2.45) is 0 Å². The van der Waals surface area contributed by atoms with E-state index in [0.29, 0.717) is 26.0 Å². The number of ether oxygens (including phenoxy) is 2. The maximum absolute atomic E-state index is 12.3. The zero-order valence-electron chi connectivity index (χ0n) is 12.5. The van der Waals surface area contributed by atoms with Crippen LogP contribution in [0.2, 0.25) is 0 Å². The molecule has 1 amide bonds. The van der Waals surface area contributed by atoms with Crippen LogP contribution in [0.15, 0.2) is 24.3 Å². The zero-order chi connectivity index (χ0) is 15.2. The lowest BCUT2D eigenvalue weighted by Gasteiger charge is -2.33. The smallest absolute Gasteiger partial charge is 0.331 e. The summed E-state index contributed by atoms with van der Waals surface area (Å²) < 4.78 is 10.00. The fourth-order valence-corrected chi connectivity index (χ4v) is 2.38. The molecule has 2 rings (SSSR count). The summed E-state index contributed by atoms with van der Waals surface area (Å²) in [5.41, 5.74) is 2.32. The Morgan fingerprint density at radius 2 is 2.05 bits per heavy atom. The number of rotatable bonds is 4. The van der Waals surface area contributed by atoms with Crippen molar-refractivity contribution in [1.82, 2.24) is 4.90 Å². The Morgan fingerprint density at radius 3 is 2.71 bits per heavy atom. The number of aryl methyl sites for hydroxylation is 2. The second kappa shape index (κ2) is 7.22. The van der Waals surface area contributed by atoms with Crippen molar-refractivity contribution in [1.29, 1.82) is 0 Å². The third-order valence-electron chi connectivity index (χ3n) is 3.67. The molecule has 114 valence electrons. The van der Waals surface area contributed by atoms with Gasteiger partial charge in [-0.15, -0.1) is 0 Å². The summed E-state index contributed by atoms with van der Waals surface area (Å²) in [6, 6.07) is 7.51. The number of amides is 1. The highest BCUT2D eigenvalue weighted by Crippen LogP contribution is 2.13. The van der Waals surface area contributed by atoms with Crippen molar-refractivity contribution in [2.45, 2.75) is 25.8 Å². The number of carbonyl (C=O) groups is 2. The second-order valence-electron chi connectivity index (χ2n) is 5.19. The minimum absolute atomic E-state index is 0.0331. The van der Waals surface area contributed by atoms with Gasteiger partial charge in [-0.05, 0) is 18.9 Å². The van der Waals surface area contributed by atoms with Crippen LogP contribution >= 0.6 is 0 Å². The van der Waals surface area contributed by atoms with Gasteiger partial charge in [0.25, 0.3) is 0 Å². The Balaban J connectivity index is 1.94. The lowest BCUT2D eigenvalue weighted by Crippen LogP contribution is -2.53. The quantitative estimate of drug-likeness (QED) is 0.785. The first kappa shape index (κ1) is 15.5. The molecule has 1 unspecified atom stereocenters. The van der Waals surface area contributed by atoms with Gasteiger partial charge in [0, 0.05) is 13.0 Å². The maximum Gasteiger partial charge on any atom is 0.331 e. The molecule has 1 aliphatic heterocycles. The lowest BCUT2D eigenvalue weighted by atomic mass is 10.1. The van der Waals surface area contributed by atoms with Gasteiger partial charge in [-0.3, -0.25) is 4.79 Å². The molecule has 0 aliphatic carbocycles. The van der Waals surface area contributed by atoms with Crippen molar-refractivity contribution in [3.63, 3.8) is 0 Å². The van der Waals surface area contributed by atoms with Gasteiger partial charge >= 0.3 is 5.97 Å². The van der Waals surface area contributed by atoms with Crippen LogP contribution in [0, 0.1) is 6.92 Å². The molecule has 0 saturated carbocycles. The second-order valence-corrected chi connectivity index (χ2v) is 5.19. The number of morpholine rings is 1. The van der Waals surface area contributed by atoms with Crippen LogP contribution in [0.4, 0.5) is 0 Å². The fraction of sp³-hybridized carbons (Fsp3) is 0.500. The molecule has 5 heteroatoms. The van der Waals surface area contributed by atoms with Crippen LogP contribution in [0.5, 0.6) is 0 Å². The molecular formula is C16H21NO4. The molecule has 1 heterocycles. The number of esters is 1. The third kappa shape index (κ3) is 4.04. The SMILES string of the molecule is COC(=O)C1COCCN1C(=O)CCc1ccc(C)cc1. The van der Waals surface area contributed by atoms with Crippen LogP contribution in [0.1, 0.15) is 17.5 Å². The first-order valence-corrected chi connectivity index (χ1v) is 7.12. The highest BCUT2D eigenvalue weighted by atomic mass is 16.5. The number of benzene rings is 1. The van der Waals surface area contributed by atoms with Gasteiger partial charge in [-0.2, -0.15) is 0 Å². The molecule has 0 N–H and O–H groups in total. The van der Waals surface area contributed by atoms with E-state index >= 15 is 0 Å². The van der Waals surface area contributed by atoms with Gasteiger partial charge < -0.3 is 14.4 Å². The van der Waals surface area contributed by atoms with Crippen molar-refractivity contribution in [3.8, 4) is 0 Å². The van der Waals surface area contributed by atoms with Crippen LogP contribution in [-0.4, -0.2) is 49.7 Å². The van der Waals surface area contributed by atoms with Crippen LogP contribution in [0.3, 0.4) is 0 Å². The molecule has 1 atom stereocenters. The van der Waals surface area contributed by atoms with Gasteiger partial charge in [0.2, 0.25) is 5.91 Å². The molecule has 0 radical (unpaired) electrons. The molecule has 0 spiro atoms. The summed E-state index contributed by atoms with van der Waals surface area (Å²) in [6.07, 6.45) is 1.06. The Labute approximate surface area is 124 Å². The normalized spacial score (nSPS) is 18.4. The van der Waals surface area contributed by atoms with E-state index in [1.54, 1.807) is 4.90 Å². The zero-order valence-corrected chi connectivity index (χ0v) is 12.5. The van der Waals surface area contributed by atoms with Gasteiger partial charge in [-0.1, -0.05) is 29.8 Å². The maximum atomic E-state index is 12.3. The average Bonchev–Trinajstić information content (AvgIpc) is 2.53. The molecule has 1 aromatic rings. The molecule has 1 aromatic carbocycles. The molecule has 0 aromatic heterocycles. The van der Waals surface area contributed by atoms with Crippen molar-refractivity contribution < 1.29 is 19.1 Å². The number of carbonyl (C=O) groups excluding carboxylic acids is 2. The van der Waals surface area contributed by atoms with E-state index in [1.807, 2.05) is 31.2 Å². The molecule has 5 nitrogen and oxygen atoms in total. The minimum atomic E-state index is -0.616. The third-order valence-corrected chi connectivity index (χ3v) is 3.67. The van der Waals surface area contributed by atoms with Crippen LogP contribution in [-0.2, 0) is 25.5 Å². The van der Waals surface area contributed by atoms with E-state index in [9.17, 15) is 9.59 Å². The topological polar surface area (TPSA) is 55.8 Å². The Bertz CT molecular complexity index is 498. The molecule has 1 saturated heterocycles. The van der Waals surface area contributed by atoms with E-state index in [2.05, 4.69) is 0 Å². The summed E-state index contributed by atoms with van der Waals surface area (Å²) >= 11 is 0. The number of hydrogen-bond donors (Lipinski definition) is 0. The van der Waals surface area contributed by atoms with Crippen molar-refractivity contribution in [3.05, 3.63) is 35.4 Å². The predicted octanol–water partition coefficient (Wildman–Crippen LogP) is 1.33. The van der Waals surface area contributed by atoms with Crippen molar-refractivity contribution >= 4 is 11.9 Å². The first-order valence-electron chi connectivity index (χ1n) is 7.12. The fourth-order valence-electron chi connectivity index (χ4n) is 2.38. The number of nitrogens with zero attached hydrogens (tertiary/aromatic N) is 1. The monoisotopic (exact) mass is 291 g/mol. The van der Waals surface area contributed by atoms with Gasteiger partial charge in [0.05, 0.1) is 20.3 Å². The molecule has 0 bridgehead atoms. The number of hydrogen-bond acceptors (Lipinski definition) is 4. The Kier molecular flexibility index (Phi) is 5.33. The Morgan fingerprint density at radius 1 is 1.33 bits per heavy atom. The van der Waals surface area contributed by atoms with Gasteiger partial charge in [-0.25, -0.2) is 4.79 Å². The Hall–Kier alpha value is -1.88. The molecule has 1 aliphatic rings. The van der Waals surface area contributed by atoms with Crippen LogP contribution < -0.4 is 0 Å².